The highest BCUT2D eigenvalue weighted by Crippen LogP contribution is 2.24. The largest absolute Gasteiger partial charge is 0.495 e. The number of benzene rings is 1. The highest BCUT2D eigenvalue weighted by atomic mass is 35.5. The van der Waals surface area contributed by atoms with E-state index in [1.54, 1.807) is 25.3 Å². The number of carbonyl (C=O) groups excluding carboxylic acids is 2. The quantitative estimate of drug-likeness (QED) is 0.428. The summed E-state index contributed by atoms with van der Waals surface area (Å²) in [5.41, 5.74) is 6.91. The zero-order valence-electron chi connectivity index (χ0n) is 15.2. The summed E-state index contributed by atoms with van der Waals surface area (Å²) in [4.78, 5) is 23.7. The molecule has 1 aliphatic rings. The minimum Gasteiger partial charge on any atom is -0.495 e. The number of nitrogens with one attached hydrogen (secondary N) is 3. The van der Waals surface area contributed by atoms with E-state index in [-0.39, 0.29) is 30.4 Å². The Bertz CT molecular complexity index is 592. The Morgan fingerprint density at radius 1 is 1.23 bits per heavy atom. The van der Waals surface area contributed by atoms with E-state index in [9.17, 15) is 9.59 Å². The number of hydrogen-bond acceptors (Lipinski definition) is 4. The smallest absolute Gasteiger partial charge is 0.315 e. The number of nitrogen functional groups attached to an aromatic ring is 1. The summed E-state index contributed by atoms with van der Waals surface area (Å²) in [6, 6.07) is 5.25. The Morgan fingerprint density at radius 2 is 1.96 bits per heavy atom. The molecular weight excluding hydrogens is 356 g/mol. The predicted molar refractivity (Wildman–Crippen MR) is 106 cm³/mol. The Labute approximate surface area is 160 Å². The van der Waals surface area contributed by atoms with Crippen LogP contribution in [0.3, 0.4) is 0 Å². The molecule has 1 aromatic carbocycles. The van der Waals surface area contributed by atoms with Gasteiger partial charge >= 0.3 is 6.03 Å². The Morgan fingerprint density at radius 3 is 2.62 bits per heavy atom. The second kappa shape index (κ2) is 11.5. The molecule has 0 bridgehead atoms. The van der Waals surface area contributed by atoms with Crippen LogP contribution in [0.4, 0.5) is 16.2 Å². The van der Waals surface area contributed by atoms with Crippen LogP contribution in [0.5, 0.6) is 5.75 Å². The average molecular weight is 385 g/mol. The maximum absolute atomic E-state index is 11.9. The second-order valence-corrected chi connectivity index (χ2v) is 6.34. The van der Waals surface area contributed by atoms with Crippen molar-refractivity contribution in [2.75, 3.05) is 24.7 Å². The van der Waals surface area contributed by atoms with Gasteiger partial charge in [0, 0.05) is 24.7 Å². The molecule has 1 aromatic rings. The van der Waals surface area contributed by atoms with Crippen molar-refractivity contribution in [1.29, 1.82) is 0 Å². The van der Waals surface area contributed by atoms with Gasteiger partial charge in [0.2, 0.25) is 5.91 Å². The van der Waals surface area contributed by atoms with E-state index in [0.717, 1.165) is 12.8 Å². The van der Waals surface area contributed by atoms with Gasteiger partial charge in [-0.1, -0.05) is 19.3 Å². The first-order valence-corrected chi connectivity index (χ1v) is 8.86. The number of hydrogen-bond donors (Lipinski definition) is 4. The molecule has 0 atom stereocenters. The lowest BCUT2D eigenvalue weighted by molar-refractivity contribution is -0.116. The predicted octanol–water partition coefficient (Wildman–Crippen LogP) is 3.05. The molecule has 0 unspecified atom stereocenters. The van der Waals surface area contributed by atoms with Crippen LogP contribution in [0.25, 0.3) is 0 Å². The minimum absolute atomic E-state index is 0. The number of ether oxygens (including phenoxy) is 1. The molecule has 1 fully saturated rings. The van der Waals surface area contributed by atoms with Gasteiger partial charge in [-0.05, 0) is 37.5 Å². The number of nitrogens with two attached hydrogens (primary N) is 1. The van der Waals surface area contributed by atoms with E-state index in [1.165, 1.54) is 19.3 Å². The van der Waals surface area contributed by atoms with Gasteiger partial charge in [-0.2, -0.15) is 0 Å². The van der Waals surface area contributed by atoms with E-state index in [1.807, 2.05) is 0 Å². The van der Waals surface area contributed by atoms with Gasteiger partial charge in [0.15, 0.2) is 0 Å². The highest BCUT2D eigenvalue weighted by Gasteiger charge is 2.15. The van der Waals surface area contributed by atoms with Gasteiger partial charge in [-0.15, -0.1) is 12.4 Å². The highest BCUT2D eigenvalue weighted by molar-refractivity contribution is 5.91. The van der Waals surface area contributed by atoms with E-state index in [2.05, 4.69) is 16.0 Å². The number of urea groups is 1. The Kier molecular flexibility index (Phi) is 9.65. The zero-order chi connectivity index (χ0) is 18.1. The number of rotatable bonds is 7. The fourth-order valence-electron chi connectivity index (χ4n) is 2.97. The van der Waals surface area contributed by atoms with Crippen LogP contribution in [-0.2, 0) is 4.79 Å². The molecule has 0 spiro atoms. The lowest BCUT2D eigenvalue weighted by Gasteiger charge is -2.22. The van der Waals surface area contributed by atoms with Crippen LogP contribution < -0.4 is 26.4 Å². The van der Waals surface area contributed by atoms with Gasteiger partial charge in [-0.25, -0.2) is 4.79 Å². The number of anilines is 2. The molecule has 7 nitrogen and oxygen atoms in total. The lowest BCUT2D eigenvalue weighted by Crippen LogP contribution is -2.43. The molecule has 2 rings (SSSR count). The Hall–Kier alpha value is -2.15. The van der Waals surface area contributed by atoms with Gasteiger partial charge in [0.05, 0.1) is 12.8 Å². The van der Waals surface area contributed by atoms with Crippen molar-refractivity contribution in [3.63, 3.8) is 0 Å². The molecule has 8 heteroatoms. The van der Waals surface area contributed by atoms with E-state index >= 15 is 0 Å². The van der Waals surface area contributed by atoms with Crippen molar-refractivity contribution in [2.45, 2.75) is 51.0 Å². The van der Waals surface area contributed by atoms with Crippen LogP contribution in [0.15, 0.2) is 18.2 Å². The van der Waals surface area contributed by atoms with Crippen LogP contribution in [0.1, 0.15) is 44.9 Å². The van der Waals surface area contributed by atoms with Crippen molar-refractivity contribution in [1.82, 2.24) is 10.6 Å². The first kappa shape index (κ1) is 21.9. The first-order chi connectivity index (χ1) is 12.1. The number of carbonyl (C=O) groups is 2. The molecule has 0 heterocycles. The fourth-order valence-corrected chi connectivity index (χ4v) is 2.97. The molecule has 0 aromatic heterocycles. The van der Waals surface area contributed by atoms with Crippen molar-refractivity contribution >= 4 is 35.7 Å². The van der Waals surface area contributed by atoms with Crippen LogP contribution in [-0.4, -0.2) is 31.6 Å². The molecule has 0 radical (unpaired) electrons. The van der Waals surface area contributed by atoms with Gasteiger partial charge < -0.3 is 26.4 Å². The summed E-state index contributed by atoms with van der Waals surface area (Å²) in [6.45, 7) is 0.469. The van der Waals surface area contributed by atoms with Crippen LogP contribution in [0, 0.1) is 0 Å². The van der Waals surface area contributed by atoms with E-state index in [4.69, 9.17) is 10.5 Å². The lowest BCUT2D eigenvalue weighted by atomic mass is 9.96. The van der Waals surface area contributed by atoms with Crippen LogP contribution in [0.2, 0.25) is 0 Å². The molecular formula is C18H29ClN4O3. The zero-order valence-corrected chi connectivity index (χ0v) is 16.0. The monoisotopic (exact) mass is 384 g/mol. The van der Waals surface area contributed by atoms with Crippen molar-refractivity contribution in [3.8, 4) is 5.75 Å². The molecule has 146 valence electrons. The summed E-state index contributed by atoms with van der Waals surface area (Å²) in [6.07, 6.45) is 6.64. The number of halogens is 1. The van der Waals surface area contributed by atoms with Crippen LogP contribution >= 0.6 is 12.4 Å². The molecule has 0 saturated heterocycles. The molecule has 1 saturated carbocycles. The van der Waals surface area contributed by atoms with Gasteiger partial charge in [0.1, 0.15) is 5.75 Å². The van der Waals surface area contributed by atoms with Crippen molar-refractivity contribution in [2.24, 2.45) is 0 Å². The van der Waals surface area contributed by atoms with Crippen molar-refractivity contribution in [3.05, 3.63) is 18.2 Å². The summed E-state index contributed by atoms with van der Waals surface area (Å²) in [5, 5.41) is 8.58. The molecule has 0 aliphatic heterocycles. The maximum Gasteiger partial charge on any atom is 0.315 e. The van der Waals surface area contributed by atoms with E-state index in [0.29, 0.717) is 36.5 Å². The number of amides is 3. The Balaban J connectivity index is 0.00000338. The molecule has 26 heavy (non-hydrogen) atoms. The molecule has 1 aliphatic carbocycles. The average Bonchev–Trinajstić information content (AvgIpc) is 2.60. The number of methoxy groups -OCH3 is 1. The summed E-state index contributed by atoms with van der Waals surface area (Å²) >= 11 is 0. The summed E-state index contributed by atoms with van der Waals surface area (Å²) < 4.78 is 5.08. The second-order valence-electron chi connectivity index (χ2n) is 6.34. The summed E-state index contributed by atoms with van der Waals surface area (Å²) in [7, 11) is 1.54. The van der Waals surface area contributed by atoms with Crippen molar-refractivity contribution < 1.29 is 14.3 Å². The first-order valence-electron chi connectivity index (χ1n) is 8.86. The summed E-state index contributed by atoms with van der Waals surface area (Å²) in [5.74, 6) is 0.463. The van der Waals surface area contributed by atoms with Gasteiger partial charge in [-0.3, -0.25) is 4.79 Å². The molecule has 3 amide bonds. The third-order valence-electron chi connectivity index (χ3n) is 4.32. The SMILES string of the molecule is COc1ccc(NC(=O)CCCNC(=O)NC2CCCCC2)cc1N.Cl. The minimum atomic E-state index is -0.143. The normalized spacial score (nSPS) is 14.0. The maximum atomic E-state index is 11.9. The fraction of sp³-hybridized carbons (Fsp3) is 0.556. The van der Waals surface area contributed by atoms with E-state index < -0.39 is 0 Å². The topological polar surface area (TPSA) is 105 Å². The standard InChI is InChI=1S/C18H28N4O3.ClH/c1-25-16-10-9-14(12-15(16)19)21-17(23)8-5-11-20-18(24)22-13-6-3-2-4-7-13;/h9-10,12-13H,2-8,11,19H2,1H3,(H,21,23)(H2,20,22,24);1H. The third kappa shape index (κ3) is 7.39. The van der Waals surface area contributed by atoms with Gasteiger partial charge in [0.25, 0.3) is 0 Å². The third-order valence-corrected chi connectivity index (χ3v) is 4.32. The molecule has 5 N–H and O–H groups in total.